The number of hydrogen-bond acceptors (Lipinski definition) is 3. The molecule has 0 saturated heterocycles. The molecule has 0 aliphatic rings. The molecule has 18 heavy (non-hydrogen) atoms. The van der Waals surface area contributed by atoms with E-state index in [1.807, 2.05) is 12.4 Å². The topological polar surface area (TPSA) is 37.0 Å². The van der Waals surface area contributed by atoms with Crippen LogP contribution >= 0.6 is 0 Å². The van der Waals surface area contributed by atoms with E-state index in [2.05, 4.69) is 48.5 Å². The Morgan fingerprint density at radius 3 is 2.33 bits per heavy atom. The first-order chi connectivity index (χ1) is 8.58. The van der Waals surface area contributed by atoms with Gasteiger partial charge in [-0.25, -0.2) is 0 Å². The molecule has 0 aliphatic heterocycles. The van der Waals surface area contributed by atoms with E-state index in [-0.39, 0.29) is 5.54 Å². The van der Waals surface area contributed by atoms with Crippen molar-refractivity contribution in [2.75, 3.05) is 19.6 Å². The zero-order chi connectivity index (χ0) is 13.3. The van der Waals surface area contributed by atoms with Crippen molar-refractivity contribution in [3.63, 3.8) is 0 Å². The predicted octanol–water partition coefficient (Wildman–Crippen LogP) is 2.38. The van der Waals surface area contributed by atoms with Crippen LogP contribution in [0.4, 0.5) is 0 Å². The lowest BCUT2D eigenvalue weighted by atomic mass is 10.1. The first-order valence-corrected chi connectivity index (χ1v) is 6.92. The highest BCUT2D eigenvalue weighted by atomic mass is 14.9. The molecule has 0 spiro atoms. The van der Waals surface area contributed by atoms with Crippen molar-refractivity contribution in [1.29, 1.82) is 0 Å². The predicted molar refractivity (Wildman–Crippen MR) is 77.8 cm³/mol. The average Bonchev–Trinajstić information content (AvgIpc) is 2.32. The van der Waals surface area contributed by atoms with Crippen LogP contribution in [0.2, 0.25) is 0 Å². The molecule has 0 fully saturated rings. The normalized spacial score (nSPS) is 11.7. The summed E-state index contributed by atoms with van der Waals surface area (Å²) in [5.41, 5.74) is 1.61. The second-order valence-electron chi connectivity index (χ2n) is 5.74. The molecule has 0 amide bonds. The summed E-state index contributed by atoms with van der Waals surface area (Å²) in [6.45, 7) is 9.89. The monoisotopic (exact) mass is 249 g/mol. The van der Waals surface area contributed by atoms with E-state index in [1.165, 1.54) is 18.4 Å². The Hall–Kier alpha value is -0.930. The second-order valence-corrected chi connectivity index (χ2v) is 5.74. The highest BCUT2D eigenvalue weighted by Crippen LogP contribution is 2.00. The fraction of sp³-hybridized carbons (Fsp3) is 0.667. The lowest BCUT2D eigenvalue weighted by Crippen LogP contribution is -2.37. The Morgan fingerprint density at radius 2 is 1.67 bits per heavy atom. The second kappa shape index (κ2) is 8.22. The van der Waals surface area contributed by atoms with E-state index in [0.29, 0.717) is 0 Å². The van der Waals surface area contributed by atoms with E-state index < -0.39 is 0 Å². The maximum atomic E-state index is 4.02. The molecule has 0 bridgehead atoms. The van der Waals surface area contributed by atoms with Gasteiger partial charge in [0.25, 0.3) is 0 Å². The van der Waals surface area contributed by atoms with Crippen LogP contribution in [0.25, 0.3) is 0 Å². The van der Waals surface area contributed by atoms with Gasteiger partial charge in [0.1, 0.15) is 0 Å². The fourth-order valence-electron chi connectivity index (χ4n) is 1.77. The van der Waals surface area contributed by atoms with Crippen LogP contribution in [0, 0.1) is 0 Å². The van der Waals surface area contributed by atoms with Crippen LogP contribution < -0.4 is 10.6 Å². The SMILES string of the molecule is CC(C)(C)NCCCNCCCc1ccncc1. The largest absolute Gasteiger partial charge is 0.317 e. The summed E-state index contributed by atoms with van der Waals surface area (Å²) in [6.07, 6.45) is 7.24. The minimum Gasteiger partial charge on any atom is -0.317 e. The molecule has 2 N–H and O–H groups in total. The molecular formula is C15H27N3. The van der Waals surface area contributed by atoms with Gasteiger partial charge in [0.15, 0.2) is 0 Å². The Labute approximate surface area is 111 Å². The van der Waals surface area contributed by atoms with E-state index >= 15 is 0 Å². The van der Waals surface area contributed by atoms with Gasteiger partial charge in [-0.15, -0.1) is 0 Å². The van der Waals surface area contributed by atoms with Gasteiger partial charge in [-0.2, -0.15) is 0 Å². The van der Waals surface area contributed by atoms with Crippen molar-refractivity contribution >= 4 is 0 Å². The molecule has 0 unspecified atom stereocenters. The van der Waals surface area contributed by atoms with Crippen LogP contribution in [0.1, 0.15) is 39.2 Å². The third-order valence-corrected chi connectivity index (χ3v) is 2.75. The Kier molecular flexibility index (Phi) is 6.91. The third-order valence-electron chi connectivity index (χ3n) is 2.75. The van der Waals surface area contributed by atoms with E-state index in [4.69, 9.17) is 0 Å². The molecule has 1 aromatic heterocycles. The first kappa shape index (κ1) is 15.1. The maximum absolute atomic E-state index is 4.02. The minimum atomic E-state index is 0.237. The van der Waals surface area contributed by atoms with Gasteiger partial charge in [0.2, 0.25) is 0 Å². The Balaban J connectivity index is 1.90. The highest BCUT2D eigenvalue weighted by molar-refractivity contribution is 5.09. The third kappa shape index (κ3) is 8.20. The summed E-state index contributed by atoms with van der Waals surface area (Å²) in [5, 5.41) is 6.98. The molecule has 0 aliphatic carbocycles. The molecule has 0 aromatic carbocycles. The van der Waals surface area contributed by atoms with Gasteiger partial charge >= 0.3 is 0 Å². The zero-order valence-electron chi connectivity index (χ0n) is 12.0. The van der Waals surface area contributed by atoms with Crippen LogP contribution in [-0.4, -0.2) is 30.2 Å². The number of aryl methyl sites for hydroxylation is 1. The number of hydrogen-bond donors (Lipinski definition) is 2. The van der Waals surface area contributed by atoms with Crippen molar-refractivity contribution < 1.29 is 0 Å². The molecule has 3 nitrogen and oxygen atoms in total. The van der Waals surface area contributed by atoms with Gasteiger partial charge in [-0.1, -0.05) is 0 Å². The summed E-state index contributed by atoms with van der Waals surface area (Å²) < 4.78 is 0. The number of nitrogens with zero attached hydrogens (tertiary/aromatic N) is 1. The first-order valence-electron chi connectivity index (χ1n) is 6.92. The minimum absolute atomic E-state index is 0.237. The smallest absolute Gasteiger partial charge is 0.0270 e. The van der Waals surface area contributed by atoms with Gasteiger partial charge in [-0.3, -0.25) is 4.98 Å². The highest BCUT2D eigenvalue weighted by Gasteiger charge is 2.06. The standard InChI is InChI=1S/C15H27N3/c1-15(2,3)18-11-5-10-16-9-4-6-14-7-12-17-13-8-14/h7-8,12-13,16,18H,4-6,9-11H2,1-3H3. The summed E-state index contributed by atoms with van der Waals surface area (Å²) in [6, 6.07) is 4.18. The quantitative estimate of drug-likeness (QED) is 0.695. The maximum Gasteiger partial charge on any atom is 0.0270 e. The van der Waals surface area contributed by atoms with Crippen LogP contribution in [0.5, 0.6) is 0 Å². The van der Waals surface area contributed by atoms with Crippen molar-refractivity contribution in [2.45, 2.75) is 45.6 Å². The average molecular weight is 249 g/mol. The molecule has 1 heterocycles. The lowest BCUT2D eigenvalue weighted by molar-refractivity contribution is 0.418. The Bertz CT molecular complexity index is 303. The van der Waals surface area contributed by atoms with Crippen molar-refractivity contribution in [3.05, 3.63) is 30.1 Å². The van der Waals surface area contributed by atoms with Crippen molar-refractivity contribution in [2.24, 2.45) is 0 Å². The molecule has 1 rings (SSSR count). The van der Waals surface area contributed by atoms with Crippen LogP contribution in [0.15, 0.2) is 24.5 Å². The number of rotatable bonds is 8. The molecule has 3 heteroatoms. The number of aromatic nitrogens is 1. The fourth-order valence-corrected chi connectivity index (χ4v) is 1.77. The summed E-state index contributed by atoms with van der Waals surface area (Å²) in [5.74, 6) is 0. The molecule has 1 aromatic rings. The lowest BCUT2D eigenvalue weighted by Gasteiger charge is -2.20. The van der Waals surface area contributed by atoms with Crippen molar-refractivity contribution in [1.82, 2.24) is 15.6 Å². The number of nitrogens with one attached hydrogen (secondary N) is 2. The molecule has 0 saturated carbocycles. The van der Waals surface area contributed by atoms with Gasteiger partial charge in [0.05, 0.1) is 0 Å². The summed E-state index contributed by atoms with van der Waals surface area (Å²) in [4.78, 5) is 4.02. The van der Waals surface area contributed by atoms with Gasteiger partial charge < -0.3 is 10.6 Å². The Morgan fingerprint density at radius 1 is 1.00 bits per heavy atom. The van der Waals surface area contributed by atoms with Gasteiger partial charge in [0, 0.05) is 17.9 Å². The van der Waals surface area contributed by atoms with Gasteiger partial charge in [-0.05, 0) is 77.4 Å². The van der Waals surface area contributed by atoms with Crippen molar-refractivity contribution in [3.8, 4) is 0 Å². The summed E-state index contributed by atoms with van der Waals surface area (Å²) in [7, 11) is 0. The van der Waals surface area contributed by atoms with Crippen LogP contribution in [0.3, 0.4) is 0 Å². The van der Waals surface area contributed by atoms with Crippen LogP contribution in [-0.2, 0) is 6.42 Å². The zero-order valence-corrected chi connectivity index (χ0v) is 12.0. The molecule has 102 valence electrons. The van der Waals surface area contributed by atoms with E-state index in [9.17, 15) is 0 Å². The van der Waals surface area contributed by atoms with E-state index in [1.54, 1.807) is 0 Å². The van der Waals surface area contributed by atoms with E-state index in [0.717, 1.165) is 26.1 Å². The number of pyridine rings is 1. The summed E-state index contributed by atoms with van der Waals surface area (Å²) >= 11 is 0. The molecule has 0 radical (unpaired) electrons. The molecular weight excluding hydrogens is 222 g/mol. The molecule has 0 atom stereocenters.